The van der Waals surface area contributed by atoms with Gasteiger partial charge in [-0.05, 0) is 50.3 Å². The van der Waals surface area contributed by atoms with Crippen LogP contribution >= 0.6 is 11.8 Å². The van der Waals surface area contributed by atoms with Crippen molar-refractivity contribution in [1.82, 2.24) is 20.1 Å². The summed E-state index contributed by atoms with van der Waals surface area (Å²) in [6.07, 6.45) is 3.38. The fourth-order valence-electron chi connectivity index (χ4n) is 3.72. The van der Waals surface area contributed by atoms with E-state index in [1.54, 1.807) is 0 Å². The number of nitrogens with one attached hydrogen (secondary N) is 1. The molecule has 1 unspecified atom stereocenters. The van der Waals surface area contributed by atoms with E-state index in [0.29, 0.717) is 0 Å². The number of pyridine rings is 1. The number of hydrogen-bond acceptors (Lipinski definition) is 4. The number of urea groups is 1. The maximum atomic E-state index is 12.5. The van der Waals surface area contributed by atoms with Gasteiger partial charge in [0.2, 0.25) is 0 Å². The first-order chi connectivity index (χ1) is 12.1. The van der Waals surface area contributed by atoms with Crippen LogP contribution in [0, 0.1) is 6.92 Å². The average molecular weight is 363 g/mol. The zero-order valence-electron chi connectivity index (χ0n) is 15.4. The molecule has 0 aliphatic carbocycles. The number of carbonyl (C=O) groups is 1. The Balaban J connectivity index is 1.42. The molecule has 2 aliphatic rings. The number of rotatable bonds is 4. The lowest BCUT2D eigenvalue weighted by Gasteiger charge is -2.40. The summed E-state index contributed by atoms with van der Waals surface area (Å²) in [6, 6.07) is 6.94. The maximum absolute atomic E-state index is 12.5. The first-order valence-electron chi connectivity index (χ1n) is 9.41. The van der Waals surface area contributed by atoms with Crippen LogP contribution in [-0.2, 0) is 6.42 Å². The summed E-state index contributed by atoms with van der Waals surface area (Å²) in [5, 5.41) is 3.14. The summed E-state index contributed by atoms with van der Waals surface area (Å²) in [6.45, 7) is 7.75. The molecule has 0 spiro atoms. The molecule has 25 heavy (non-hydrogen) atoms. The second-order valence-corrected chi connectivity index (χ2v) is 8.42. The van der Waals surface area contributed by atoms with Gasteiger partial charge in [-0.2, -0.15) is 11.8 Å². The van der Waals surface area contributed by atoms with Crippen molar-refractivity contribution in [2.75, 3.05) is 37.7 Å². The predicted octanol–water partition coefficient (Wildman–Crippen LogP) is 2.54. The molecule has 0 bridgehead atoms. The quantitative estimate of drug-likeness (QED) is 0.894. The lowest BCUT2D eigenvalue weighted by molar-refractivity contribution is 0.103. The van der Waals surface area contributed by atoms with Gasteiger partial charge in [-0.1, -0.05) is 6.07 Å². The molecular formula is C19H30N4OS. The van der Waals surface area contributed by atoms with Gasteiger partial charge in [0.15, 0.2) is 0 Å². The van der Waals surface area contributed by atoms with Gasteiger partial charge in [-0.25, -0.2) is 4.79 Å². The van der Waals surface area contributed by atoms with Gasteiger partial charge in [0, 0.05) is 56.1 Å². The number of aryl methyl sites for hydroxylation is 1. The van der Waals surface area contributed by atoms with Crippen LogP contribution in [0.15, 0.2) is 18.2 Å². The molecule has 1 aromatic rings. The Morgan fingerprint density at radius 2 is 2.00 bits per heavy atom. The molecule has 0 saturated carbocycles. The van der Waals surface area contributed by atoms with Crippen molar-refractivity contribution in [3.05, 3.63) is 29.6 Å². The summed E-state index contributed by atoms with van der Waals surface area (Å²) in [5.41, 5.74) is 2.06. The Morgan fingerprint density at radius 3 is 2.68 bits per heavy atom. The van der Waals surface area contributed by atoms with Crippen molar-refractivity contribution in [3.8, 4) is 0 Å². The van der Waals surface area contributed by atoms with Gasteiger partial charge < -0.3 is 10.2 Å². The van der Waals surface area contributed by atoms with E-state index >= 15 is 0 Å². The molecular weight excluding hydrogens is 332 g/mol. The first-order valence-corrected chi connectivity index (χ1v) is 10.6. The van der Waals surface area contributed by atoms with Crippen molar-refractivity contribution in [2.45, 2.75) is 45.2 Å². The van der Waals surface area contributed by atoms with Crippen LogP contribution in [0.4, 0.5) is 4.79 Å². The van der Waals surface area contributed by atoms with E-state index < -0.39 is 0 Å². The number of thioether (sulfide) groups is 1. The predicted molar refractivity (Wildman–Crippen MR) is 104 cm³/mol. The number of piperazine rings is 1. The van der Waals surface area contributed by atoms with E-state index in [2.05, 4.69) is 33.9 Å². The SMILES string of the molecule is Cc1cccc(CC(C)NC(=O)N2CCN(C3CCSCC3)CC2)n1. The van der Waals surface area contributed by atoms with Crippen LogP contribution in [0.25, 0.3) is 0 Å². The maximum Gasteiger partial charge on any atom is 0.317 e. The highest BCUT2D eigenvalue weighted by molar-refractivity contribution is 7.99. The molecule has 1 atom stereocenters. The van der Waals surface area contributed by atoms with E-state index in [0.717, 1.165) is 50.0 Å². The zero-order chi connectivity index (χ0) is 17.6. The van der Waals surface area contributed by atoms with Crippen molar-refractivity contribution >= 4 is 17.8 Å². The number of amides is 2. The third-order valence-corrected chi connectivity index (χ3v) is 6.19. The molecule has 3 heterocycles. The van der Waals surface area contributed by atoms with Crippen LogP contribution in [-0.4, -0.2) is 70.6 Å². The van der Waals surface area contributed by atoms with Gasteiger partial charge in [-0.15, -0.1) is 0 Å². The number of nitrogens with zero attached hydrogens (tertiary/aromatic N) is 3. The highest BCUT2D eigenvalue weighted by Crippen LogP contribution is 2.22. The zero-order valence-corrected chi connectivity index (χ0v) is 16.2. The van der Waals surface area contributed by atoms with E-state index in [9.17, 15) is 4.79 Å². The number of hydrogen-bond donors (Lipinski definition) is 1. The van der Waals surface area contributed by atoms with Crippen molar-refractivity contribution < 1.29 is 4.79 Å². The molecule has 2 amide bonds. The van der Waals surface area contributed by atoms with Crippen LogP contribution in [0.5, 0.6) is 0 Å². The first kappa shape index (κ1) is 18.5. The van der Waals surface area contributed by atoms with Crippen molar-refractivity contribution in [3.63, 3.8) is 0 Å². The van der Waals surface area contributed by atoms with E-state index in [1.165, 1.54) is 24.3 Å². The van der Waals surface area contributed by atoms with Crippen molar-refractivity contribution in [1.29, 1.82) is 0 Å². The fourth-order valence-corrected chi connectivity index (χ4v) is 4.80. The van der Waals surface area contributed by atoms with Crippen LogP contribution < -0.4 is 5.32 Å². The van der Waals surface area contributed by atoms with Gasteiger partial charge >= 0.3 is 6.03 Å². The minimum Gasteiger partial charge on any atom is -0.335 e. The molecule has 0 radical (unpaired) electrons. The lowest BCUT2D eigenvalue weighted by Crippen LogP contribution is -2.55. The number of carbonyl (C=O) groups excluding carboxylic acids is 1. The Bertz CT molecular complexity index is 568. The molecule has 5 nitrogen and oxygen atoms in total. The van der Waals surface area contributed by atoms with Crippen molar-refractivity contribution in [2.24, 2.45) is 0 Å². The monoisotopic (exact) mass is 362 g/mol. The van der Waals surface area contributed by atoms with E-state index in [1.807, 2.05) is 30.0 Å². The molecule has 6 heteroatoms. The summed E-state index contributed by atoms with van der Waals surface area (Å²) in [5.74, 6) is 2.58. The molecule has 1 aromatic heterocycles. The Labute approximate surface area is 155 Å². The van der Waals surface area contributed by atoms with E-state index in [4.69, 9.17) is 0 Å². The fraction of sp³-hybridized carbons (Fsp3) is 0.684. The van der Waals surface area contributed by atoms with Gasteiger partial charge in [0.05, 0.1) is 0 Å². The summed E-state index contributed by atoms with van der Waals surface area (Å²) in [4.78, 5) is 21.6. The largest absolute Gasteiger partial charge is 0.335 e. The van der Waals surface area contributed by atoms with Crippen LogP contribution in [0.3, 0.4) is 0 Å². The Hall–Kier alpha value is -1.27. The highest BCUT2D eigenvalue weighted by Gasteiger charge is 2.27. The van der Waals surface area contributed by atoms with Crippen LogP contribution in [0.2, 0.25) is 0 Å². The topological polar surface area (TPSA) is 48.5 Å². The smallest absolute Gasteiger partial charge is 0.317 e. The normalized spacial score (nSPS) is 21.1. The standard InChI is InChI=1S/C19H30N4OS/c1-15-4-3-5-17(20-15)14-16(2)21-19(24)23-10-8-22(9-11-23)18-6-12-25-13-7-18/h3-5,16,18H,6-14H2,1-2H3,(H,21,24). The third kappa shape index (κ3) is 5.35. The van der Waals surface area contributed by atoms with Gasteiger partial charge in [-0.3, -0.25) is 9.88 Å². The second-order valence-electron chi connectivity index (χ2n) is 7.19. The van der Waals surface area contributed by atoms with Gasteiger partial charge in [0.1, 0.15) is 0 Å². The molecule has 0 aromatic carbocycles. The summed E-state index contributed by atoms with van der Waals surface area (Å²) < 4.78 is 0. The molecule has 1 N–H and O–H groups in total. The second kappa shape index (κ2) is 8.90. The third-order valence-electron chi connectivity index (χ3n) is 5.14. The molecule has 2 saturated heterocycles. The van der Waals surface area contributed by atoms with Crippen LogP contribution in [0.1, 0.15) is 31.2 Å². The average Bonchev–Trinajstić information content (AvgIpc) is 2.62. The van der Waals surface area contributed by atoms with E-state index in [-0.39, 0.29) is 12.1 Å². The summed E-state index contributed by atoms with van der Waals surface area (Å²) in [7, 11) is 0. The van der Waals surface area contributed by atoms with Gasteiger partial charge in [0.25, 0.3) is 0 Å². The number of aromatic nitrogens is 1. The molecule has 138 valence electrons. The Morgan fingerprint density at radius 1 is 1.28 bits per heavy atom. The molecule has 2 fully saturated rings. The lowest BCUT2D eigenvalue weighted by atomic mass is 10.1. The summed E-state index contributed by atoms with van der Waals surface area (Å²) >= 11 is 2.07. The minimum atomic E-state index is 0.0685. The highest BCUT2D eigenvalue weighted by atomic mass is 32.2. The molecule has 2 aliphatic heterocycles. The molecule has 3 rings (SSSR count). The Kier molecular flexibility index (Phi) is 6.59. The minimum absolute atomic E-state index is 0.0685.